The van der Waals surface area contributed by atoms with Gasteiger partial charge in [-0.2, -0.15) is 0 Å². The Bertz CT molecular complexity index is 299. The predicted molar refractivity (Wildman–Crippen MR) is 52.9 cm³/mol. The summed E-state index contributed by atoms with van der Waals surface area (Å²) in [6, 6.07) is 4.97. The molecule has 0 amide bonds. The minimum absolute atomic E-state index is 0.179. The van der Waals surface area contributed by atoms with Crippen LogP contribution in [-0.4, -0.2) is 5.11 Å². The van der Waals surface area contributed by atoms with Gasteiger partial charge in [-0.15, -0.1) is 6.58 Å². The van der Waals surface area contributed by atoms with Crippen molar-refractivity contribution in [2.24, 2.45) is 5.73 Å². The van der Waals surface area contributed by atoms with E-state index in [1.54, 1.807) is 24.3 Å². The van der Waals surface area contributed by atoms with Crippen LogP contribution in [0.25, 0.3) is 0 Å². The van der Waals surface area contributed by atoms with Crippen LogP contribution in [0.4, 0.5) is 0 Å². The second-order valence-electron chi connectivity index (χ2n) is 2.47. The van der Waals surface area contributed by atoms with Crippen molar-refractivity contribution in [3.63, 3.8) is 0 Å². The van der Waals surface area contributed by atoms with E-state index in [0.29, 0.717) is 4.47 Å². The zero-order valence-corrected chi connectivity index (χ0v) is 8.08. The number of nitrogens with two attached hydrogens (primary N) is 1. The highest BCUT2D eigenvalue weighted by atomic mass is 79.9. The van der Waals surface area contributed by atoms with E-state index in [0.717, 1.165) is 5.56 Å². The quantitative estimate of drug-likeness (QED) is 0.763. The molecular formula is C9H10BrNO. The fourth-order valence-electron chi connectivity index (χ4n) is 0.867. The Hall–Kier alpha value is -0.800. The number of aromatic hydroxyl groups is 1. The van der Waals surface area contributed by atoms with Crippen LogP contribution in [-0.2, 0) is 0 Å². The Kier molecular flexibility index (Phi) is 2.89. The van der Waals surface area contributed by atoms with E-state index in [-0.39, 0.29) is 11.8 Å². The van der Waals surface area contributed by atoms with Gasteiger partial charge in [0.05, 0.1) is 4.47 Å². The fraction of sp³-hybridized carbons (Fsp3) is 0.111. The van der Waals surface area contributed by atoms with Gasteiger partial charge in [0.2, 0.25) is 0 Å². The van der Waals surface area contributed by atoms with E-state index < -0.39 is 0 Å². The first kappa shape index (κ1) is 9.29. The predicted octanol–water partition coefficient (Wildman–Crippen LogP) is 2.34. The van der Waals surface area contributed by atoms with Gasteiger partial charge in [-0.05, 0) is 33.6 Å². The van der Waals surface area contributed by atoms with Gasteiger partial charge in [0.25, 0.3) is 0 Å². The smallest absolute Gasteiger partial charge is 0.129 e. The molecule has 0 fully saturated rings. The van der Waals surface area contributed by atoms with Crippen molar-refractivity contribution < 1.29 is 5.11 Å². The minimum atomic E-state index is -0.179. The van der Waals surface area contributed by atoms with E-state index in [4.69, 9.17) is 5.73 Å². The van der Waals surface area contributed by atoms with Crippen LogP contribution in [0.15, 0.2) is 35.3 Å². The van der Waals surface area contributed by atoms with Crippen LogP contribution in [0.2, 0.25) is 0 Å². The van der Waals surface area contributed by atoms with Gasteiger partial charge < -0.3 is 10.8 Å². The van der Waals surface area contributed by atoms with Gasteiger partial charge in [0.15, 0.2) is 0 Å². The third-order valence-electron chi connectivity index (χ3n) is 1.61. The van der Waals surface area contributed by atoms with Crippen molar-refractivity contribution in [2.75, 3.05) is 0 Å². The van der Waals surface area contributed by atoms with Crippen molar-refractivity contribution in [2.45, 2.75) is 6.04 Å². The molecule has 1 atom stereocenters. The molecule has 3 heteroatoms. The van der Waals surface area contributed by atoms with E-state index >= 15 is 0 Å². The number of benzene rings is 1. The summed E-state index contributed by atoms with van der Waals surface area (Å²) in [5.74, 6) is 0.218. The number of halogens is 1. The summed E-state index contributed by atoms with van der Waals surface area (Å²) >= 11 is 3.20. The molecule has 2 nitrogen and oxygen atoms in total. The normalized spacial score (nSPS) is 12.5. The average molecular weight is 228 g/mol. The molecule has 3 N–H and O–H groups in total. The fourth-order valence-corrected chi connectivity index (χ4v) is 1.26. The lowest BCUT2D eigenvalue weighted by Gasteiger charge is -2.07. The van der Waals surface area contributed by atoms with Crippen molar-refractivity contribution >= 4 is 15.9 Å². The third kappa shape index (κ3) is 1.87. The first-order chi connectivity index (χ1) is 5.65. The first-order valence-electron chi connectivity index (χ1n) is 3.51. The summed E-state index contributed by atoms with van der Waals surface area (Å²) in [5, 5.41) is 9.18. The molecular weight excluding hydrogens is 218 g/mol. The Balaban J connectivity index is 3.04. The summed E-state index contributed by atoms with van der Waals surface area (Å²) in [6.07, 6.45) is 1.65. The Labute approximate surface area is 79.8 Å². The van der Waals surface area contributed by atoms with Gasteiger partial charge in [-0.3, -0.25) is 0 Å². The van der Waals surface area contributed by atoms with Crippen LogP contribution in [0, 0.1) is 0 Å². The maximum absolute atomic E-state index is 9.18. The number of phenols is 1. The maximum atomic E-state index is 9.18. The third-order valence-corrected chi connectivity index (χ3v) is 2.25. The average Bonchev–Trinajstić information content (AvgIpc) is 2.08. The first-order valence-corrected chi connectivity index (χ1v) is 4.31. The largest absolute Gasteiger partial charge is 0.507 e. The van der Waals surface area contributed by atoms with Gasteiger partial charge in [-0.25, -0.2) is 0 Å². The highest BCUT2D eigenvalue weighted by molar-refractivity contribution is 9.10. The lowest BCUT2D eigenvalue weighted by molar-refractivity contribution is 0.471. The van der Waals surface area contributed by atoms with Crippen LogP contribution in [0.1, 0.15) is 11.6 Å². The zero-order valence-electron chi connectivity index (χ0n) is 6.50. The molecule has 0 aliphatic carbocycles. The molecule has 1 aromatic rings. The molecule has 0 saturated carbocycles. The minimum Gasteiger partial charge on any atom is -0.507 e. The van der Waals surface area contributed by atoms with Crippen LogP contribution < -0.4 is 5.73 Å². The molecule has 1 aromatic carbocycles. The SMILES string of the molecule is C=CC(N)c1ccc(O)c(Br)c1. The Morgan fingerprint density at radius 3 is 2.75 bits per heavy atom. The summed E-state index contributed by atoms with van der Waals surface area (Å²) in [7, 11) is 0. The summed E-state index contributed by atoms with van der Waals surface area (Å²) < 4.78 is 0.650. The summed E-state index contributed by atoms with van der Waals surface area (Å²) in [6.45, 7) is 3.59. The summed E-state index contributed by atoms with van der Waals surface area (Å²) in [5.41, 5.74) is 6.62. The monoisotopic (exact) mass is 227 g/mol. The van der Waals surface area contributed by atoms with Gasteiger partial charge in [0.1, 0.15) is 5.75 Å². The number of rotatable bonds is 2. The Morgan fingerprint density at radius 1 is 1.58 bits per heavy atom. The number of hydrogen-bond acceptors (Lipinski definition) is 2. The lowest BCUT2D eigenvalue weighted by atomic mass is 10.1. The molecule has 0 aliphatic rings. The van der Waals surface area contributed by atoms with E-state index in [9.17, 15) is 5.11 Å². The molecule has 0 saturated heterocycles. The topological polar surface area (TPSA) is 46.2 Å². The molecule has 0 aromatic heterocycles. The van der Waals surface area contributed by atoms with Crippen LogP contribution >= 0.6 is 15.9 Å². The highest BCUT2D eigenvalue weighted by Crippen LogP contribution is 2.26. The zero-order chi connectivity index (χ0) is 9.14. The lowest BCUT2D eigenvalue weighted by Crippen LogP contribution is -2.05. The van der Waals surface area contributed by atoms with Crippen molar-refractivity contribution in [1.82, 2.24) is 0 Å². The van der Waals surface area contributed by atoms with Gasteiger partial charge in [0, 0.05) is 6.04 Å². The van der Waals surface area contributed by atoms with Crippen molar-refractivity contribution in [3.05, 3.63) is 40.9 Å². The van der Waals surface area contributed by atoms with Crippen molar-refractivity contribution in [3.8, 4) is 5.75 Å². The summed E-state index contributed by atoms with van der Waals surface area (Å²) in [4.78, 5) is 0. The highest BCUT2D eigenvalue weighted by Gasteiger charge is 2.03. The molecule has 12 heavy (non-hydrogen) atoms. The molecule has 64 valence electrons. The Morgan fingerprint density at radius 2 is 2.25 bits per heavy atom. The van der Waals surface area contributed by atoms with Gasteiger partial charge in [-0.1, -0.05) is 12.1 Å². The van der Waals surface area contributed by atoms with E-state index in [1.807, 2.05) is 0 Å². The number of hydrogen-bond donors (Lipinski definition) is 2. The molecule has 0 bridgehead atoms. The van der Waals surface area contributed by atoms with Gasteiger partial charge >= 0.3 is 0 Å². The molecule has 1 unspecified atom stereocenters. The van der Waals surface area contributed by atoms with E-state index in [2.05, 4.69) is 22.5 Å². The second-order valence-corrected chi connectivity index (χ2v) is 3.33. The molecule has 0 heterocycles. The van der Waals surface area contributed by atoms with E-state index in [1.165, 1.54) is 0 Å². The molecule has 0 radical (unpaired) electrons. The maximum Gasteiger partial charge on any atom is 0.129 e. The second kappa shape index (κ2) is 3.74. The molecule has 0 spiro atoms. The van der Waals surface area contributed by atoms with Crippen LogP contribution in [0.5, 0.6) is 5.75 Å². The standard InChI is InChI=1S/C9H10BrNO/c1-2-8(11)6-3-4-9(12)7(10)5-6/h2-5,8,12H,1,11H2. The van der Waals surface area contributed by atoms with Crippen molar-refractivity contribution in [1.29, 1.82) is 0 Å². The molecule has 1 rings (SSSR count). The van der Waals surface area contributed by atoms with Crippen LogP contribution in [0.3, 0.4) is 0 Å². The number of phenolic OH excluding ortho intramolecular Hbond substituents is 1. The molecule has 0 aliphatic heterocycles.